The second-order valence-electron chi connectivity index (χ2n) is 5.90. The van der Waals surface area contributed by atoms with Crippen molar-refractivity contribution in [3.63, 3.8) is 0 Å². The summed E-state index contributed by atoms with van der Waals surface area (Å²) >= 11 is 0. The van der Waals surface area contributed by atoms with Crippen LogP contribution in [0.4, 0.5) is 0 Å². The van der Waals surface area contributed by atoms with Gasteiger partial charge in [-0.1, -0.05) is 25.7 Å². The van der Waals surface area contributed by atoms with Crippen molar-refractivity contribution in [2.45, 2.75) is 44.6 Å². The molecule has 0 amide bonds. The van der Waals surface area contributed by atoms with E-state index in [1.54, 1.807) is 0 Å². The minimum absolute atomic E-state index is 0.163. The van der Waals surface area contributed by atoms with Crippen molar-refractivity contribution in [3.8, 4) is 0 Å². The Hall–Kier alpha value is -1.05. The third-order valence-corrected chi connectivity index (χ3v) is 5.18. The van der Waals surface area contributed by atoms with Crippen LogP contribution in [0, 0.1) is 17.8 Å². The van der Waals surface area contributed by atoms with Gasteiger partial charge in [-0.2, -0.15) is 0 Å². The second-order valence-corrected chi connectivity index (χ2v) is 5.90. The molecule has 2 saturated carbocycles. The summed E-state index contributed by atoms with van der Waals surface area (Å²) in [6.45, 7) is 10.4. The molecule has 1 heterocycles. The monoisotopic (exact) mass is 232 g/mol. The number of hydrogen-bond donors (Lipinski definition) is 0. The first-order valence-corrected chi connectivity index (χ1v) is 6.67. The van der Waals surface area contributed by atoms with Crippen LogP contribution in [0.2, 0.25) is 0 Å². The third kappa shape index (κ3) is 1.24. The summed E-state index contributed by atoms with van der Waals surface area (Å²) < 4.78 is 5.85. The van der Waals surface area contributed by atoms with Crippen LogP contribution < -0.4 is 0 Å². The van der Waals surface area contributed by atoms with Crippen molar-refractivity contribution in [1.82, 2.24) is 0 Å². The smallest absolute Gasteiger partial charge is 0.334 e. The fourth-order valence-electron chi connectivity index (χ4n) is 4.31. The lowest BCUT2D eigenvalue weighted by atomic mass is 9.72. The van der Waals surface area contributed by atoms with E-state index in [-0.39, 0.29) is 17.5 Å². The van der Waals surface area contributed by atoms with Gasteiger partial charge >= 0.3 is 5.97 Å². The van der Waals surface area contributed by atoms with E-state index < -0.39 is 0 Å². The lowest BCUT2D eigenvalue weighted by Gasteiger charge is -2.37. The maximum absolute atomic E-state index is 11.9. The van der Waals surface area contributed by atoms with Crippen LogP contribution in [-0.4, -0.2) is 11.6 Å². The Kier molecular flexibility index (Phi) is 2.26. The SMILES string of the molecule is C=C1CCCC2C(=C)C(=O)OC23C(C)CCC13. The molecule has 4 unspecified atom stereocenters. The van der Waals surface area contributed by atoms with Crippen molar-refractivity contribution in [2.75, 3.05) is 0 Å². The summed E-state index contributed by atoms with van der Waals surface area (Å²) in [5.41, 5.74) is 1.71. The Labute approximate surface area is 103 Å². The van der Waals surface area contributed by atoms with Crippen LogP contribution >= 0.6 is 0 Å². The normalized spacial score (nSPS) is 45.2. The predicted octanol–water partition coefficient (Wildman–Crippen LogP) is 3.24. The largest absolute Gasteiger partial charge is 0.454 e. The maximum Gasteiger partial charge on any atom is 0.334 e. The molecule has 3 fully saturated rings. The van der Waals surface area contributed by atoms with Crippen molar-refractivity contribution in [3.05, 3.63) is 24.3 Å². The molecule has 0 N–H and O–H groups in total. The van der Waals surface area contributed by atoms with E-state index in [2.05, 4.69) is 20.1 Å². The van der Waals surface area contributed by atoms with Gasteiger partial charge in [0.1, 0.15) is 5.60 Å². The van der Waals surface area contributed by atoms with Crippen molar-refractivity contribution < 1.29 is 9.53 Å². The van der Waals surface area contributed by atoms with Gasteiger partial charge in [0.15, 0.2) is 0 Å². The van der Waals surface area contributed by atoms with E-state index in [0.717, 1.165) is 32.1 Å². The zero-order valence-corrected chi connectivity index (χ0v) is 10.5. The fourth-order valence-corrected chi connectivity index (χ4v) is 4.31. The number of ether oxygens (including phenoxy) is 1. The van der Waals surface area contributed by atoms with E-state index in [9.17, 15) is 4.79 Å². The molecule has 0 aromatic carbocycles. The molecular weight excluding hydrogens is 212 g/mol. The van der Waals surface area contributed by atoms with E-state index in [1.165, 1.54) is 5.57 Å². The summed E-state index contributed by atoms with van der Waals surface area (Å²) in [7, 11) is 0. The highest BCUT2D eigenvalue weighted by Gasteiger charge is 2.62. The van der Waals surface area contributed by atoms with Crippen LogP contribution in [0.3, 0.4) is 0 Å². The molecule has 17 heavy (non-hydrogen) atoms. The summed E-state index contributed by atoms with van der Waals surface area (Å²) in [4.78, 5) is 11.9. The molecule has 1 saturated heterocycles. The molecule has 3 aliphatic rings. The molecule has 1 spiro atoms. The van der Waals surface area contributed by atoms with E-state index >= 15 is 0 Å². The van der Waals surface area contributed by atoms with Crippen LogP contribution in [0.1, 0.15) is 39.0 Å². The topological polar surface area (TPSA) is 26.3 Å². The van der Waals surface area contributed by atoms with E-state index in [4.69, 9.17) is 4.74 Å². The molecular formula is C15H20O2. The first kappa shape index (κ1) is 11.1. The van der Waals surface area contributed by atoms with Crippen molar-refractivity contribution >= 4 is 5.97 Å². The molecule has 0 aromatic rings. The number of hydrogen-bond acceptors (Lipinski definition) is 2. The molecule has 2 heteroatoms. The zero-order valence-electron chi connectivity index (χ0n) is 10.5. The zero-order chi connectivity index (χ0) is 12.2. The molecule has 92 valence electrons. The summed E-state index contributed by atoms with van der Waals surface area (Å²) in [6, 6.07) is 0. The van der Waals surface area contributed by atoms with Gasteiger partial charge in [-0.3, -0.25) is 0 Å². The van der Waals surface area contributed by atoms with Gasteiger partial charge in [0.25, 0.3) is 0 Å². The minimum Gasteiger partial charge on any atom is -0.454 e. The van der Waals surface area contributed by atoms with Gasteiger partial charge in [0, 0.05) is 17.4 Å². The van der Waals surface area contributed by atoms with Gasteiger partial charge in [0.2, 0.25) is 0 Å². The van der Waals surface area contributed by atoms with Crippen LogP contribution in [0.15, 0.2) is 24.3 Å². The van der Waals surface area contributed by atoms with Crippen LogP contribution in [0.25, 0.3) is 0 Å². The lowest BCUT2D eigenvalue weighted by molar-refractivity contribution is -0.154. The van der Waals surface area contributed by atoms with Crippen LogP contribution in [-0.2, 0) is 9.53 Å². The number of esters is 1. The summed E-state index contributed by atoms with van der Waals surface area (Å²) in [5, 5.41) is 0. The van der Waals surface area contributed by atoms with Gasteiger partial charge in [-0.25, -0.2) is 4.79 Å². The maximum atomic E-state index is 11.9. The first-order chi connectivity index (χ1) is 8.07. The molecule has 1 aliphatic heterocycles. The molecule has 2 aliphatic carbocycles. The quantitative estimate of drug-likeness (QED) is 0.364. The van der Waals surface area contributed by atoms with Crippen molar-refractivity contribution in [2.24, 2.45) is 17.8 Å². The second kappa shape index (κ2) is 3.47. The van der Waals surface area contributed by atoms with E-state index in [1.807, 2.05) is 0 Å². The standard InChI is InChI=1S/C15H20O2/c1-9-5-4-6-13-11(3)14(16)17-15(13)10(2)7-8-12(9)15/h10,12-13H,1,3-8H2,2H3. The van der Waals surface area contributed by atoms with Crippen LogP contribution in [0.5, 0.6) is 0 Å². The number of carbonyl (C=O) groups excluding carboxylic acids is 1. The highest BCUT2D eigenvalue weighted by molar-refractivity contribution is 5.91. The molecule has 0 aromatic heterocycles. The first-order valence-electron chi connectivity index (χ1n) is 6.67. The molecule has 4 atom stereocenters. The van der Waals surface area contributed by atoms with Gasteiger partial charge in [-0.15, -0.1) is 0 Å². The predicted molar refractivity (Wildman–Crippen MR) is 66.3 cm³/mol. The minimum atomic E-state index is -0.290. The fraction of sp³-hybridized carbons (Fsp3) is 0.667. The summed E-state index contributed by atoms with van der Waals surface area (Å²) in [6.07, 6.45) is 5.49. The Bertz CT molecular complexity index is 409. The number of rotatable bonds is 0. The van der Waals surface area contributed by atoms with Gasteiger partial charge < -0.3 is 4.74 Å². The Morgan fingerprint density at radius 1 is 1.24 bits per heavy atom. The van der Waals surface area contributed by atoms with Gasteiger partial charge in [0.05, 0.1) is 0 Å². The third-order valence-electron chi connectivity index (χ3n) is 5.18. The molecule has 0 bridgehead atoms. The molecule has 3 rings (SSSR count). The lowest BCUT2D eigenvalue weighted by Crippen LogP contribution is -2.44. The van der Waals surface area contributed by atoms with E-state index in [0.29, 0.717) is 17.4 Å². The van der Waals surface area contributed by atoms with Crippen molar-refractivity contribution in [1.29, 1.82) is 0 Å². The molecule has 2 nitrogen and oxygen atoms in total. The highest BCUT2D eigenvalue weighted by Crippen LogP contribution is 2.59. The Balaban J connectivity index is 2.12. The molecule has 0 radical (unpaired) electrons. The average Bonchev–Trinajstić information content (AvgIpc) is 2.67. The van der Waals surface area contributed by atoms with Gasteiger partial charge in [-0.05, 0) is 38.0 Å². The average molecular weight is 232 g/mol. The number of carbonyl (C=O) groups is 1. The summed E-state index contributed by atoms with van der Waals surface area (Å²) in [5.74, 6) is 0.879. The highest BCUT2D eigenvalue weighted by atomic mass is 16.6. The Morgan fingerprint density at radius 2 is 2.00 bits per heavy atom. The Morgan fingerprint density at radius 3 is 2.76 bits per heavy atom.